The molecule has 0 aromatic heterocycles. The molecule has 0 spiro atoms. The number of benzene rings is 2. The number of aliphatic hydroxyl groups is 2. The second-order valence-electron chi connectivity index (χ2n) is 5.45. The lowest BCUT2D eigenvalue weighted by Gasteiger charge is -2.30. The fourth-order valence-corrected chi connectivity index (χ4v) is 2.63. The molecule has 0 radical (unpaired) electrons. The van der Waals surface area contributed by atoms with Gasteiger partial charge in [-0.2, -0.15) is 0 Å². The minimum atomic E-state index is -0.781. The van der Waals surface area contributed by atoms with E-state index in [1.165, 1.54) is 17.7 Å². The first-order valence-corrected chi connectivity index (χ1v) is 7.22. The Morgan fingerprint density at radius 2 is 1.62 bits per heavy atom. The molecule has 0 fully saturated rings. The lowest BCUT2D eigenvalue weighted by atomic mass is 9.77. The van der Waals surface area contributed by atoms with E-state index in [0.717, 1.165) is 12.8 Å². The third-order valence-electron chi connectivity index (χ3n) is 4.01. The van der Waals surface area contributed by atoms with Crippen molar-refractivity contribution < 1.29 is 14.6 Å². The van der Waals surface area contributed by atoms with Gasteiger partial charge in [0.2, 0.25) is 0 Å². The Labute approximate surface area is 124 Å². The Balaban J connectivity index is 2.08. The molecule has 0 aliphatic rings. The molecule has 0 aliphatic carbocycles. The summed E-state index contributed by atoms with van der Waals surface area (Å²) in [4.78, 5) is 0. The van der Waals surface area contributed by atoms with Crippen molar-refractivity contribution >= 4 is 0 Å². The Morgan fingerprint density at radius 1 is 0.905 bits per heavy atom. The summed E-state index contributed by atoms with van der Waals surface area (Å²) in [6, 6.07) is 16.2. The maximum atomic E-state index is 13.4. The molecule has 2 nitrogen and oxygen atoms in total. The van der Waals surface area contributed by atoms with Crippen LogP contribution in [0.2, 0.25) is 0 Å². The van der Waals surface area contributed by atoms with Gasteiger partial charge in [-0.3, -0.25) is 0 Å². The molecule has 2 rings (SSSR count). The summed E-state index contributed by atoms with van der Waals surface area (Å²) in [6.45, 7) is -0.385. The predicted octanol–water partition coefficient (Wildman–Crippen LogP) is 3.07. The average molecular weight is 288 g/mol. The molecule has 3 heteroatoms. The molecule has 0 unspecified atom stereocenters. The largest absolute Gasteiger partial charge is 0.395 e. The van der Waals surface area contributed by atoms with E-state index in [1.54, 1.807) is 12.1 Å². The first-order chi connectivity index (χ1) is 10.2. The molecule has 0 aliphatic heterocycles. The van der Waals surface area contributed by atoms with Crippen LogP contribution in [0.15, 0.2) is 54.6 Å². The highest BCUT2D eigenvalue weighted by Crippen LogP contribution is 2.30. The third-order valence-corrected chi connectivity index (χ3v) is 4.01. The van der Waals surface area contributed by atoms with Crippen molar-refractivity contribution in [1.82, 2.24) is 0 Å². The van der Waals surface area contributed by atoms with Gasteiger partial charge in [-0.25, -0.2) is 4.39 Å². The van der Waals surface area contributed by atoms with Gasteiger partial charge in [0.1, 0.15) is 5.82 Å². The number of hydrogen-bond acceptors (Lipinski definition) is 2. The van der Waals surface area contributed by atoms with Crippen LogP contribution < -0.4 is 0 Å². The molecule has 21 heavy (non-hydrogen) atoms. The van der Waals surface area contributed by atoms with Gasteiger partial charge in [-0.15, -0.1) is 0 Å². The van der Waals surface area contributed by atoms with Gasteiger partial charge >= 0.3 is 0 Å². The van der Waals surface area contributed by atoms with E-state index in [-0.39, 0.29) is 19.0 Å². The van der Waals surface area contributed by atoms with Crippen molar-refractivity contribution in [2.75, 3.05) is 13.2 Å². The van der Waals surface area contributed by atoms with Crippen molar-refractivity contribution in [3.8, 4) is 0 Å². The molecule has 2 aromatic carbocycles. The lowest BCUT2D eigenvalue weighted by molar-refractivity contribution is 0.107. The number of aryl methyl sites for hydroxylation is 1. The number of hydrogen-bond donors (Lipinski definition) is 2. The van der Waals surface area contributed by atoms with Crippen LogP contribution in [0.1, 0.15) is 24.0 Å². The van der Waals surface area contributed by atoms with Gasteiger partial charge in [-0.1, -0.05) is 42.5 Å². The molecule has 0 saturated carbocycles. The summed E-state index contributed by atoms with van der Waals surface area (Å²) < 4.78 is 13.4. The van der Waals surface area contributed by atoms with E-state index < -0.39 is 5.41 Å². The molecule has 2 aromatic rings. The summed E-state index contributed by atoms with van der Waals surface area (Å²) >= 11 is 0. The van der Waals surface area contributed by atoms with Crippen molar-refractivity contribution in [3.63, 3.8) is 0 Å². The Morgan fingerprint density at radius 3 is 2.24 bits per heavy atom. The van der Waals surface area contributed by atoms with Gasteiger partial charge in [0.15, 0.2) is 0 Å². The van der Waals surface area contributed by atoms with E-state index in [0.29, 0.717) is 12.0 Å². The van der Waals surface area contributed by atoms with Crippen LogP contribution in [0.5, 0.6) is 0 Å². The van der Waals surface area contributed by atoms with Gasteiger partial charge in [-0.05, 0) is 42.5 Å². The first kappa shape index (κ1) is 15.7. The average Bonchev–Trinajstić information content (AvgIpc) is 2.53. The SMILES string of the molecule is OCC(CO)(CCCc1ccccc1)c1cccc(F)c1. The summed E-state index contributed by atoms with van der Waals surface area (Å²) in [5.41, 5.74) is 1.10. The van der Waals surface area contributed by atoms with E-state index in [9.17, 15) is 14.6 Å². The first-order valence-electron chi connectivity index (χ1n) is 7.22. The zero-order chi connectivity index (χ0) is 15.1. The summed E-state index contributed by atoms with van der Waals surface area (Å²) in [6.07, 6.45) is 2.30. The minimum Gasteiger partial charge on any atom is -0.395 e. The second-order valence-corrected chi connectivity index (χ2v) is 5.45. The molecular formula is C18H21FO2. The topological polar surface area (TPSA) is 40.5 Å². The standard InChI is InChI=1S/C18H21FO2/c19-17-10-4-9-16(12-17)18(13-20,14-21)11-5-8-15-6-2-1-3-7-15/h1-4,6-7,9-10,12,20-21H,5,8,11,13-14H2. The minimum absolute atomic E-state index is 0.193. The fourth-order valence-electron chi connectivity index (χ4n) is 2.63. The lowest BCUT2D eigenvalue weighted by Crippen LogP contribution is -2.35. The second kappa shape index (κ2) is 7.34. The summed E-state index contributed by atoms with van der Waals surface area (Å²) in [5, 5.41) is 19.5. The van der Waals surface area contributed by atoms with Crippen LogP contribution in [-0.4, -0.2) is 23.4 Å². The van der Waals surface area contributed by atoms with E-state index in [1.807, 2.05) is 18.2 Å². The molecule has 0 amide bonds. The normalized spacial score (nSPS) is 11.6. The highest BCUT2D eigenvalue weighted by molar-refractivity contribution is 5.27. The monoisotopic (exact) mass is 288 g/mol. The van der Waals surface area contributed by atoms with E-state index in [2.05, 4.69) is 12.1 Å². The summed E-state index contributed by atoms with van der Waals surface area (Å²) in [5.74, 6) is -0.346. The number of aliphatic hydroxyl groups excluding tert-OH is 2. The van der Waals surface area contributed by atoms with Crippen LogP contribution in [0.3, 0.4) is 0 Å². The predicted molar refractivity (Wildman–Crippen MR) is 81.6 cm³/mol. The van der Waals surface area contributed by atoms with Crippen LogP contribution >= 0.6 is 0 Å². The van der Waals surface area contributed by atoms with Crippen LogP contribution in [-0.2, 0) is 11.8 Å². The Kier molecular flexibility index (Phi) is 5.48. The van der Waals surface area contributed by atoms with Crippen LogP contribution in [0.4, 0.5) is 4.39 Å². The van der Waals surface area contributed by atoms with E-state index in [4.69, 9.17) is 0 Å². The molecular weight excluding hydrogens is 267 g/mol. The van der Waals surface area contributed by atoms with E-state index >= 15 is 0 Å². The maximum Gasteiger partial charge on any atom is 0.123 e. The van der Waals surface area contributed by atoms with Crippen molar-refractivity contribution in [3.05, 3.63) is 71.5 Å². The summed E-state index contributed by atoms with van der Waals surface area (Å²) in [7, 11) is 0. The molecule has 112 valence electrons. The highest BCUT2D eigenvalue weighted by atomic mass is 19.1. The quantitative estimate of drug-likeness (QED) is 0.822. The van der Waals surface area contributed by atoms with Gasteiger partial charge < -0.3 is 10.2 Å². The Hall–Kier alpha value is -1.71. The zero-order valence-corrected chi connectivity index (χ0v) is 12.0. The van der Waals surface area contributed by atoms with Crippen LogP contribution in [0, 0.1) is 5.82 Å². The van der Waals surface area contributed by atoms with Crippen molar-refractivity contribution in [2.24, 2.45) is 0 Å². The number of rotatable bonds is 7. The van der Waals surface area contributed by atoms with Crippen LogP contribution in [0.25, 0.3) is 0 Å². The van der Waals surface area contributed by atoms with Gasteiger partial charge in [0.05, 0.1) is 13.2 Å². The van der Waals surface area contributed by atoms with Gasteiger partial charge in [0.25, 0.3) is 0 Å². The molecule has 0 bridgehead atoms. The maximum absolute atomic E-state index is 13.4. The Bertz CT molecular complexity index is 550. The van der Waals surface area contributed by atoms with Crippen molar-refractivity contribution in [2.45, 2.75) is 24.7 Å². The number of halogens is 1. The molecule has 0 atom stereocenters. The smallest absolute Gasteiger partial charge is 0.123 e. The highest BCUT2D eigenvalue weighted by Gasteiger charge is 2.30. The third kappa shape index (κ3) is 3.90. The molecule has 0 heterocycles. The molecule has 2 N–H and O–H groups in total. The van der Waals surface area contributed by atoms with Gasteiger partial charge in [0, 0.05) is 5.41 Å². The zero-order valence-electron chi connectivity index (χ0n) is 12.0. The van der Waals surface area contributed by atoms with Crippen molar-refractivity contribution in [1.29, 1.82) is 0 Å². The molecule has 0 saturated heterocycles. The fraction of sp³-hybridized carbons (Fsp3) is 0.333.